The number of rotatable bonds is 8. The molecule has 2 rings (SSSR count). The number of benzene rings is 2. The summed E-state index contributed by atoms with van der Waals surface area (Å²) in [4.78, 5) is 0. The second-order valence-electron chi connectivity index (χ2n) is 6.41. The second-order valence-corrected chi connectivity index (χ2v) is 14.7. The Kier molecular flexibility index (Phi) is 6.37. The molecule has 0 aliphatic carbocycles. The average Bonchev–Trinajstić information content (AvgIpc) is 2.66. The van der Waals surface area contributed by atoms with Crippen molar-refractivity contribution in [3.63, 3.8) is 0 Å². The molecule has 0 bridgehead atoms. The van der Waals surface area contributed by atoms with Gasteiger partial charge in [-0.15, -0.1) is 0 Å². The van der Waals surface area contributed by atoms with E-state index < -0.39 is 21.8 Å². The van der Waals surface area contributed by atoms with E-state index in [1.54, 1.807) is 28.4 Å². The average molecular weight is 377 g/mol. The van der Waals surface area contributed by atoms with E-state index in [2.05, 4.69) is 38.1 Å². The van der Waals surface area contributed by atoms with Crippen LogP contribution < -0.4 is 10.4 Å². The van der Waals surface area contributed by atoms with E-state index >= 15 is 0 Å². The first-order valence-electron chi connectivity index (χ1n) is 8.27. The van der Waals surface area contributed by atoms with Crippen molar-refractivity contribution >= 4 is 27.5 Å². The molecule has 0 aromatic heterocycles. The minimum absolute atomic E-state index is 0.476. The Hall–Kier alpha value is -1.29. The lowest BCUT2D eigenvalue weighted by atomic mass is 10.4. The van der Waals surface area contributed by atoms with Gasteiger partial charge in [-0.05, 0) is 10.4 Å². The number of hydrogen-bond acceptors (Lipinski definition) is 4. The molecule has 136 valence electrons. The molecule has 0 aliphatic heterocycles. The fourth-order valence-corrected chi connectivity index (χ4v) is 13.8. The van der Waals surface area contributed by atoms with Crippen LogP contribution in [0.4, 0.5) is 0 Å². The summed E-state index contributed by atoms with van der Waals surface area (Å²) in [7, 11) is 1.10. The molecule has 0 heterocycles. The first-order chi connectivity index (χ1) is 12.0. The highest BCUT2D eigenvalue weighted by Crippen LogP contribution is 2.46. The van der Waals surface area contributed by atoms with E-state index in [0.717, 1.165) is 10.4 Å². The van der Waals surface area contributed by atoms with Crippen LogP contribution >= 0.6 is 0 Å². The molecular formula is C19H28O4Si2. The summed E-state index contributed by atoms with van der Waals surface area (Å²) < 4.78 is 24.2. The lowest BCUT2D eigenvalue weighted by Crippen LogP contribution is -2.74. The van der Waals surface area contributed by atoms with E-state index in [0.29, 0.717) is 0 Å². The maximum atomic E-state index is 6.16. The standard InChI is InChI=1S/C19H28O4Si2/c1-19(2,24(20-3,21-4)17-13-9-7-10-14-17)25(22-5,23-6)18-15-11-8-12-16-18/h7-16H,1-6H3. The van der Waals surface area contributed by atoms with Crippen LogP contribution in [0.1, 0.15) is 13.8 Å². The van der Waals surface area contributed by atoms with E-state index in [9.17, 15) is 0 Å². The van der Waals surface area contributed by atoms with E-state index in [1.807, 2.05) is 36.4 Å². The van der Waals surface area contributed by atoms with Gasteiger partial charge in [-0.2, -0.15) is 0 Å². The van der Waals surface area contributed by atoms with Crippen molar-refractivity contribution in [1.29, 1.82) is 0 Å². The van der Waals surface area contributed by atoms with E-state index in [4.69, 9.17) is 17.7 Å². The van der Waals surface area contributed by atoms with Gasteiger partial charge in [0.15, 0.2) is 0 Å². The molecule has 4 nitrogen and oxygen atoms in total. The molecule has 0 unspecified atom stereocenters. The summed E-state index contributed by atoms with van der Waals surface area (Å²) in [5.74, 6) is 0. The normalized spacial score (nSPS) is 13.0. The highest BCUT2D eigenvalue weighted by molar-refractivity contribution is 7.01. The third-order valence-electron chi connectivity index (χ3n) is 5.10. The molecule has 0 spiro atoms. The Morgan fingerprint density at radius 3 is 1.08 bits per heavy atom. The lowest BCUT2D eigenvalue weighted by molar-refractivity contribution is 0.199. The van der Waals surface area contributed by atoms with Gasteiger partial charge in [-0.25, -0.2) is 0 Å². The first kappa shape index (κ1) is 20.0. The van der Waals surface area contributed by atoms with Crippen molar-refractivity contribution in [1.82, 2.24) is 0 Å². The van der Waals surface area contributed by atoms with Gasteiger partial charge in [-0.3, -0.25) is 0 Å². The zero-order chi connectivity index (χ0) is 18.6. The summed E-state index contributed by atoms with van der Waals surface area (Å²) in [6, 6.07) is 20.3. The van der Waals surface area contributed by atoms with Crippen molar-refractivity contribution < 1.29 is 17.7 Å². The van der Waals surface area contributed by atoms with Gasteiger partial charge in [0.1, 0.15) is 0 Å². The molecule has 6 heteroatoms. The lowest BCUT2D eigenvalue weighted by Gasteiger charge is -2.49. The Bertz CT molecular complexity index is 596. The molecule has 0 amide bonds. The predicted octanol–water partition coefficient (Wildman–Crippen LogP) is 2.59. The summed E-state index contributed by atoms with van der Waals surface area (Å²) in [5, 5.41) is 2.12. The van der Waals surface area contributed by atoms with E-state index in [1.165, 1.54) is 0 Å². The molecule has 0 fully saturated rings. The third kappa shape index (κ3) is 3.03. The summed E-state index contributed by atoms with van der Waals surface area (Å²) in [6.07, 6.45) is 0. The fourth-order valence-electron chi connectivity index (χ4n) is 3.91. The van der Waals surface area contributed by atoms with Crippen LogP contribution in [0.15, 0.2) is 60.7 Å². The highest BCUT2D eigenvalue weighted by Gasteiger charge is 2.68. The molecule has 0 N–H and O–H groups in total. The predicted molar refractivity (Wildman–Crippen MR) is 106 cm³/mol. The molecule has 25 heavy (non-hydrogen) atoms. The highest BCUT2D eigenvalue weighted by atomic mass is 28.4. The quantitative estimate of drug-likeness (QED) is 0.664. The van der Waals surface area contributed by atoms with Crippen molar-refractivity contribution in [2.75, 3.05) is 28.4 Å². The van der Waals surface area contributed by atoms with Gasteiger partial charge in [0.25, 0.3) is 0 Å². The molecule has 0 saturated heterocycles. The Labute approximate surface area is 153 Å². The first-order valence-corrected chi connectivity index (χ1v) is 11.9. The van der Waals surface area contributed by atoms with Crippen molar-refractivity contribution in [2.24, 2.45) is 0 Å². The maximum absolute atomic E-state index is 6.16. The molecule has 2 aromatic rings. The summed E-state index contributed by atoms with van der Waals surface area (Å²) in [5.41, 5.74) is 0. The van der Waals surface area contributed by atoms with Gasteiger partial charge < -0.3 is 17.7 Å². The largest absolute Gasteiger partial charge is 0.394 e. The zero-order valence-electron chi connectivity index (χ0n) is 15.9. The van der Waals surface area contributed by atoms with Crippen LogP contribution in [-0.2, 0) is 17.7 Å². The van der Waals surface area contributed by atoms with Crippen molar-refractivity contribution in [3.8, 4) is 0 Å². The van der Waals surface area contributed by atoms with Gasteiger partial charge >= 0.3 is 17.1 Å². The molecular weight excluding hydrogens is 348 g/mol. The van der Waals surface area contributed by atoms with Crippen LogP contribution in [0.5, 0.6) is 0 Å². The topological polar surface area (TPSA) is 36.9 Å². The van der Waals surface area contributed by atoms with E-state index in [-0.39, 0.29) is 0 Å². The van der Waals surface area contributed by atoms with Gasteiger partial charge in [0, 0.05) is 28.4 Å². The van der Waals surface area contributed by atoms with Crippen LogP contribution in [0, 0.1) is 0 Å². The molecule has 0 atom stereocenters. The number of hydrogen-bond donors (Lipinski definition) is 0. The fraction of sp³-hybridized carbons (Fsp3) is 0.368. The molecule has 0 aliphatic rings. The SMILES string of the molecule is CO[Si](OC)(c1ccccc1)C(C)(C)[Si](OC)(OC)c1ccccc1. The minimum Gasteiger partial charge on any atom is -0.394 e. The van der Waals surface area contributed by atoms with Crippen molar-refractivity contribution in [3.05, 3.63) is 60.7 Å². The molecule has 0 radical (unpaired) electrons. The molecule has 2 aromatic carbocycles. The smallest absolute Gasteiger partial charge is 0.380 e. The third-order valence-corrected chi connectivity index (χ3v) is 14.9. The monoisotopic (exact) mass is 376 g/mol. The van der Waals surface area contributed by atoms with Crippen LogP contribution in [0.3, 0.4) is 0 Å². The Morgan fingerprint density at radius 1 is 0.560 bits per heavy atom. The van der Waals surface area contributed by atoms with Gasteiger partial charge in [-0.1, -0.05) is 74.5 Å². The van der Waals surface area contributed by atoms with Gasteiger partial charge in [0.2, 0.25) is 0 Å². The Balaban J connectivity index is 2.73. The maximum Gasteiger partial charge on any atom is 0.380 e. The molecule has 0 saturated carbocycles. The van der Waals surface area contributed by atoms with Crippen molar-refractivity contribution in [2.45, 2.75) is 18.5 Å². The van der Waals surface area contributed by atoms with Gasteiger partial charge in [0.05, 0.1) is 4.66 Å². The Morgan fingerprint density at radius 2 is 0.840 bits per heavy atom. The zero-order valence-corrected chi connectivity index (χ0v) is 17.9. The summed E-state index contributed by atoms with van der Waals surface area (Å²) in [6.45, 7) is 4.29. The minimum atomic E-state index is -2.90. The van der Waals surface area contributed by atoms with Crippen LogP contribution in [0.25, 0.3) is 0 Å². The summed E-state index contributed by atoms with van der Waals surface area (Å²) >= 11 is 0. The second kappa shape index (κ2) is 7.95. The van der Waals surface area contributed by atoms with Crippen LogP contribution in [0.2, 0.25) is 4.66 Å². The van der Waals surface area contributed by atoms with Crippen LogP contribution in [-0.4, -0.2) is 45.6 Å².